The standard InChI is InChI=1S/C17H21BrO3/c1-4-5-14-10-19-17(11-18,20-14)13-6-7-15-12(8-13)9-16(2,3)21-15/h6-8,10H,4-5,9,11H2,1-3H3. The molecule has 114 valence electrons. The SMILES string of the molecule is CCCC1=COC(CBr)(c2ccc3c(c2)CC(C)(C)O3)O1. The quantitative estimate of drug-likeness (QED) is 0.739. The van der Waals surface area contributed by atoms with E-state index in [1.807, 2.05) is 12.1 Å². The van der Waals surface area contributed by atoms with E-state index >= 15 is 0 Å². The molecule has 0 radical (unpaired) electrons. The van der Waals surface area contributed by atoms with Crippen molar-refractivity contribution in [2.24, 2.45) is 0 Å². The van der Waals surface area contributed by atoms with Gasteiger partial charge in [0.1, 0.15) is 23.4 Å². The lowest BCUT2D eigenvalue weighted by Gasteiger charge is -2.27. The van der Waals surface area contributed by atoms with Gasteiger partial charge in [-0.2, -0.15) is 0 Å². The van der Waals surface area contributed by atoms with Crippen LogP contribution < -0.4 is 4.74 Å². The molecular weight excluding hydrogens is 332 g/mol. The number of hydrogen-bond acceptors (Lipinski definition) is 3. The molecule has 3 rings (SSSR count). The van der Waals surface area contributed by atoms with Gasteiger partial charge in [-0.05, 0) is 44.0 Å². The number of benzene rings is 1. The molecule has 2 aliphatic heterocycles. The molecule has 1 unspecified atom stereocenters. The van der Waals surface area contributed by atoms with Crippen LogP contribution in [0.25, 0.3) is 0 Å². The highest BCUT2D eigenvalue weighted by Crippen LogP contribution is 2.42. The lowest BCUT2D eigenvalue weighted by atomic mass is 9.98. The summed E-state index contributed by atoms with van der Waals surface area (Å²) in [6.45, 7) is 6.35. The van der Waals surface area contributed by atoms with Gasteiger partial charge < -0.3 is 14.2 Å². The Hall–Kier alpha value is -1.16. The Bertz CT molecular complexity index is 579. The van der Waals surface area contributed by atoms with E-state index in [1.54, 1.807) is 6.26 Å². The third-order valence-corrected chi connectivity index (χ3v) is 4.59. The first-order valence-electron chi connectivity index (χ1n) is 7.42. The average Bonchev–Trinajstić information content (AvgIpc) is 2.98. The monoisotopic (exact) mass is 352 g/mol. The minimum Gasteiger partial charge on any atom is -0.487 e. The number of allylic oxidation sites excluding steroid dienone is 1. The van der Waals surface area contributed by atoms with Gasteiger partial charge >= 0.3 is 0 Å². The van der Waals surface area contributed by atoms with Crippen LogP contribution in [0.3, 0.4) is 0 Å². The van der Waals surface area contributed by atoms with Crippen molar-refractivity contribution >= 4 is 15.9 Å². The Balaban J connectivity index is 1.88. The van der Waals surface area contributed by atoms with E-state index in [2.05, 4.69) is 42.8 Å². The second-order valence-corrected chi connectivity index (χ2v) is 6.86. The molecule has 0 aromatic heterocycles. The number of halogens is 1. The van der Waals surface area contributed by atoms with Gasteiger partial charge in [-0.3, -0.25) is 0 Å². The van der Waals surface area contributed by atoms with Crippen molar-refractivity contribution in [3.63, 3.8) is 0 Å². The van der Waals surface area contributed by atoms with Gasteiger partial charge in [-0.1, -0.05) is 22.9 Å². The first-order chi connectivity index (χ1) is 9.98. The molecule has 0 aliphatic carbocycles. The van der Waals surface area contributed by atoms with Crippen molar-refractivity contribution in [1.82, 2.24) is 0 Å². The molecule has 1 aromatic carbocycles. The summed E-state index contributed by atoms with van der Waals surface area (Å²) in [5.74, 6) is 1.13. The van der Waals surface area contributed by atoms with Crippen molar-refractivity contribution in [2.75, 3.05) is 5.33 Å². The Labute approximate surface area is 134 Å². The minimum atomic E-state index is -0.744. The lowest BCUT2D eigenvalue weighted by molar-refractivity contribution is -0.136. The summed E-state index contributed by atoms with van der Waals surface area (Å²) in [7, 11) is 0. The summed E-state index contributed by atoms with van der Waals surface area (Å²) in [6, 6.07) is 6.20. The second-order valence-electron chi connectivity index (χ2n) is 6.30. The van der Waals surface area contributed by atoms with E-state index in [-0.39, 0.29) is 5.60 Å². The summed E-state index contributed by atoms with van der Waals surface area (Å²) >= 11 is 3.54. The zero-order chi connectivity index (χ0) is 15.1. The van der Waals surface area contributed by atoms with Crippen LogP contribution in [-0.4, -0.2) is 10.9 Å². The van der Waals surface area contributed by atoms with E-state index in [0.717, 1.165) is 36.3 Å². The predicted molar refractivity (Wildman–Crippen MR) is 85.5 cm³/mol. The van der Waals surface area contributed by atoms with Gasteiger partial charge in [0.15, 0.2) is 0 Å². The van der Waals surface area contributed by atoms with E-state index in [1.165, 1.54) is 5.56 Å². The van der Waals surface area contributed by atoms with Crippen LogP contribution in [0.4, 0.5) is 0 Å². The minimum absolute atomic E-state index is 0.133. The Morgan fingerprint density at radius 1 is 1.24 bits per heavy atom. The third-order valence-electron chi connectivity index (χ3n) is 3.85. The van der Waals surface area contributed by atoms with E-state index in [4.69, 9.17) is 14.2 Å². The van der Waals surface area contributed by atoms with Crippen LogP contribution in [0, 0.1) is 0 Å². The molecule has 0 saturated heterocycles. The molecule has 2 aliphatic rings. The summed E-state index contributed by atoms with van der Waals surface area (Å²) < 4.78 is 17.9. The van der Waals surface area contributed by atoms with Gasteiger partial charge in [0.25, 0.3) is 5.79 Å². The first kappa shape index (κ1) is 14.8. The number of fused-ring (bicyclic) bond motifs is 1. The van der Waals surface area contributed by atoms with E-state index in [9.17, 15) is 0 Å². The Morgan fingerprint density at radius 2 is 2.05 bits per heavy atom. The topological polar surface area (TPSA) is 27.7 Å². The highest BCUT2D eigenvalue weighted by atomic mass is 79.9. The van der Waals surface area contributed by atoms with Crippen LogP contribution in [-0.2, 0) is 21.7 Å². The van der Waals surface area contributed by atoms with Gasteiger partial charge in [0.05, 0.1) is 5.33 Å². The van der Waals surface area contributed by atoms with Crippen LogP contribution in [0.5, 0.6) is 5.75 Å². The molecule has 3 nitrogen and oxygen atoms in total. The second kappa shape index (κ2) is 5.24. The lowest BCUT2D eigenvalue weighted by Crippen LogP contribution is -2.29. The Kier molecular flexibility index (Phi) is 3.68. The van der Waals surface area contributed by atoms with Crippen molar-refractivity contribution in [3.8, 4) is 5.75 Å². The maximum Gasteiger partial charge on any atom is 0.286 e. The molecule has 0 fully saturated rings. The molecule has 0 spiro atoms. The summed E-state index contributed by atoms with van der Waals surface area (Å²) in [4.78, 5) is 0. The van der Waals surface area contributed by atoms with Crippen LogP contribution >= 0.6 is 15.9 Å². The highest BCUT2D eigenvalue weighted by molar-refractivity contribution is 9.09. The zero-order valence-electron chi connectivity index (χ0n) is 12.7. The third kappa shape index (κ3) is 2.66. The number of alkyl halides is 1. The van der Waals surface area contributed by atoms with Crippen molar-refractivity contribution in [1.29, 1.82) is 0 Å². The molecular formula is C17H21BrO3. The van der Waals surface area contributed by atoms with Crippen LogP contribution in [0.1, 0.15) is 44.7 Å². The van der Waals surface area contributed by atoms with Crippen molar-refractivity contribution in [3.05, 3.63) is 41.3 Å². The van der Waals surface area contributed by atoms with Gasteiger partial charge in [0, 0.05) is 18.4 Å². The molecule has 21 heavy (non-hydrogen) atoms. The van der Waals surface area contributed by atoms with Crippen LogP contribution in [0.2, 0.25) is 0 Å². The summed E-state index contributed by atoms with van der Waals surface area (Å²) in [5, 5.41) is 0.590. The summed E-state index contributed by atoms with van der Waals surface area (Å²) in [6.07, 6.45) is 4.60. The molecule has 0 amide bonds. The first-order valence-corrected chi connectivity index (χ1v) is 8.54. The van der Waals surface area contributed by atoms with E-state index in [0.29, 0.717) is 5.33 Å². The smallest absolute Gasteiger partial charge is 0.286 e. The fraction of sp³-hybridized carbons (Fsp3) is 0.529. The van der Waals surface area contributed by atoms with Crippen LogP contribution in [0.15, 0.2) is 30.2 Å². The van der Waals surface area contributed by atoms with E-state index < -0.39 is 5.79 Å². The zero-order valence-corrected chi connectivity index (χ0v) is 14.3. The normalized spacial score (nSPS) is 25.6. The maximum atomic E-state index is 6.09. The van der Waals surface area contributed by atoms with Crippen molar-refractivity contribution < 1.29 is 14.2 Å². The van der Waals surface area contributed by atoms with Crippen molar-refractivity contribution in [2.45, 2.75) is 51.4 Å². The number of hydrogen-bond donors (Lipinski definition) is 0. The fourth-order valence-corrected chi connectivity index (χ4v) is 3.46. The molecule has 1 aromatic rings. The fourth-order valence-electron chi connectivity index (χ4n) is 2.89. The molecule has 0 saturated carbocycles. The number of ether oxygens (including phenoxy) is 3. The molecule has 1 atom stereocenters. The van der Waals surface area contributed by atoms with Gasteiger partial charge in [-0.25, -0.2) is 0 Å². The average molecular weight is 353 g/mol. The van der Waals surface area contributed by atoms with Gasteiger partial charge in [0.2, 0.25) is 0 Å². The molecule has 0 bridgehead atoms. The summed E-state index contributed by atoms with van der Waals surface area (Å²) in [5.41, 5.74) is 2.11. The highest BCUT2D eigenvalue weighted by Gasteiger charge is 2.41. The maximum absolute atomic E-state index is 6.09. The molecule has 0 N–H and O–H groups in total. The van der Waals surface area contributed by atoms with Gasteiger partial charge in [-0.15, -0.1) is 0 Å². The molecule has 2 heterocycles. The predicted octanol–water partition coefficient (Wildman–Crippen LogP) is 4.64. The number of rotatable bonds is 4. The molecule has 4 heteroatoms. The largest absolute Gasteiger partial charge is 0.487 e. The Morgan fingerprint density at radius 3 is 2.76 bits per heavy atom.